The Morgan fingerprint density at radius 2 is 2.33 bits per heavy atom. The number of ether oxygens (including phenoxy) is 1. The second kappa shape index (κ2) is 7.00. The number of aliphatic hydroxyl groups is 1. The van der Waals surface area contributed by atoms with Gasteiger partial charge >= 0.3 is 5.97 Å². The number of rotatable bonds is 4. The molecule has 1 heterocycles. The number of nitrogen functional groups attached to an aromatic ring is 1. The molecule has 1 saturated heterocycles. The zero-order valence-electron chi connectivity index (χ0n) is 12.1. The Kier molecular flexibility index (Phi) is 5.31. The average Bonchev–Trinajstić information content (AvgIpc) is 2.46. The number of anilines is 2. The van der Waals surface area contributed by atoms with Gasteiger partial charge in [-0.25, -0.2) is 4.79 Å². The van der Waals surface area contributed by atoms with Gasteiger partial charge in [-0.1, -0.05) is 11.6 Å². The standard InChI is InChI=1S/C15H21ClN2O3/c1-2-21-15(20)12-6-11(17)7-13(16)14(12)18-5-3-4-10(8-18)9-19/h6-7,10,19H,2-5,8-9,17H2,1H3. The Bertz CT molecular complexity index is 522. The predicted octanol–water partition coefficient (Wildman–Crippen LogP) is 2.31. The molecule has 2 rings (SSSR count). The van der Waals surface area contributed by atoms with Gasteiger partial charge in [-0.3, -0.25) is 0 Å². The first-order chi connectivity index (χ1) is 10.1. The molecular formula is C15H21ClN2O3. The van der Waals surface area contributed by atoms with Crippen LogP contribution in [0, 0.1) is 5.92 Å². The summed E-state index contributed by atoms with van der Waals surface area (Å²) in [6, 6.07) is 3.24. The maximum absolute atomic E-state index is 12.2. The van der Waals surface area contributed by atoms with Crippen LogP contribution < -0.4 is 10.6 Å². The van der Waals surface area contributed by atoms with Crippen molar-refractivity contribution < 1.29 is 14.6 Å². The summed E-state index contributed by atoms with van der Waals surface area (Å²) in [4.78, 5) is 14.2. The number of esters is 1. The number of nitrogens with zero attached hydrogens (tertiary/aromatic N) is 1. The highest BCUT2D eigenvalue weighted by molar-refractivity contribution is 6.34. The van der Waals surface area contributed by atoms with Crippen LogP contribution in [-0.4, -0.2) is 37.4 Å². The van der Waals surface area contributed by atoms with Gasteiger partial charge in [-0.05, 0) is 37.8 Å². The van der Waals surface area contributed by atoms with Gasteiger partial charge < -0.3 is 20.5 Å². The van der Waals surface area contributed by atoms with Gasteiger partial charge in [0.15, 0.2) is 0 Å². The molecule has 1 aliphatic rings. The number of piperidine rings is 1. The van der Waals surface area contributed by atoms with Gasteiger partial charge in [0.2, 0.25) is 0 Å². The molecular weight excluding hydrogens is 292 g/mol. The molecule has 6 heteroatoms. The third-order valence-corrected chi connectivity index (χ3v) is 3.96. The lowest BCUT2D eigenvalue weighted by molar-refractivity contribution is 0.0527. The van der Waals surface area contributed by atoms with Crippen LogP contribution in [0.2, 0.25) is 5.02 Å². The summed E-state index contributed by atoms with van der Waals surface area (Å²) in [5, 5.41) is 9.80. The van der Waals surface area contributed by atoms with E-state index in [0.29, 0.717) is 35.1 Å². The van der Waals surface area contributed by atoms with Crippen molar-refractivity contribution >= 4 is 28.9 Å². The number of benzene rings is 1. The molecule has 0 aromatic heterocycles. The largest absolute Gasteiger partial charge is 0.462 e. The van der Waals surface area contributed by atoms with E-state index in [0.717, 1.165) is 19.4 Å². The minimum atomic E-state index is -0.423. The normalized spacial score (nSPS) is 18.6. The number of carbonyl (C=O) groups is 1. The van der Waals surface area contributed by atoms with E-state index in [1.807, 2.05) is 4.90 Å². The third kappa shape index (κ3) is 3.60. The second-order valence-corrected chi connectivity index (χ2v) is 5.66. The SMILES string of the molecule is CCOC(=O)c1cc(N)cc(Cl)c1N1CCCC(CO)C1. The van der Waals surface area contributed by atoms with E-state index in [-0.39, 0.29) is 12.5 Å². The maximum atomic E-state index is 12.2. The predicted molar refractivity (Wildman–Crippen MR) is 83.8 cm³/mol. The molecule has 0 bridgehead atoms. The van der Waals surface area contributed by atoms with Crippen molar-refractivity contribution in [3.8, 4) is 0 Å². The molecule has 1 aliphatic heterocycles. The Hall–Kier alpha value is -1.46. The zero-order chi connectivity index (χ0) is 15.4. The van der Waals surface area contributed by atoms with Crippen LogP contribution in [0.15, 0.2) is 12.1 Å². The summed E-state index contributed by atoms with van der Waals surface area (Å²) in [5.74, 6) is -0.227. The Morgan fingerprint density at radius 3 is 3.00 bits per heavy atom. The van der Waals surface area contributed by atoms with Crippen LogP contribution in [0.1, 0.15) is 30.1 Å². The first-order valence-electron chi connectivity index (χ1n) is 7.18. The van der Waals surface area contributed by atoms with Crippen molar-refractivity contribution in [3.05, 3.63) is 22.7 Å². The van der Waals surface area contributed by atoms with Gasteiger partial charge in [0.05, 0.1) is 22.9 Å². The van der Waals surface area contributed by atoms with E-state index < -0.39 is 5.97 Å². The van der Waals surface area contributed by atoms with Crippen LogP contribution in [-0.2, 0) is 4.74 Å². The van der Waals surface area contributed by atoms with Crippen LogP contribution in [0.4, 0.5) is 11.4 Å². The molecule has 0 spiro atoms. The highest BCUT2D eigenvalue weighted by Crippen LogP contribution is 2.35. The van der Waals surface area contributed by atoms with Gasteiger partial charge in [-0.15, -0.1) is 0 Å². The Morgan fingerprint density at radius 1 is 1.57 bits per heavy atom. The number of nitrogens with two attached hydrogens (primary N) is 1. The van der Waals surface area contributed by atoms with Crippen molar-refractivity contribution in [2.24, 2.45) is 5.92 Å². The molecule has 3 N–H and O–H groups in total. The molecule has 0 radical (unpaired) electrons. The summed E-state index contributed by atoms with van der Waals surface area (Å²) < 4.78 is 5.09. The van der Waals surface area contributed by atoms with E-state index in [1.54, 1.807) is 19.1 Å². The minimum Gasteiger partial charge on any atom is -0.462 e. The number of hydrogen-bond donors (Lipinski definition) is 2. The summed E-state index contributed by atoms with van der Waals surface area (Å²) in [6.45, 7) is 3.66. The summed E-state index contributed by atoms with van der Waals surface area (Å²) >= 11 is 6.31. The quantitative estimate of drug-likeness (QED) is 0.659. The van der Waals surface area contributed by atoms with Crippen molar-refractivity contribution in [2.45, 2.75) is 19.8 Å². The molecule has 5 nitrogen and oxygen atoms in total. The molecule has 0 aliphatic carbocycles. The molecule has 1 fully saturated rings. The first kappa shape index (κ1) is 15.9. The van der Waals surface area contributed by atoms with E-state index in [2.05, 4.69) is 0 Å². The number of halogens is 1. The molecule has 116 valence electrons. The lowest BCUT2D eigenvalue weighted by Crippen LogP contribution is -2.38. The van der Waals surface area contributed by atoms with E-state index >= 15 is 0 Å². The third-order valence-electron chi connectivity index (χ3n) is 3.67. The van der Waals surface area contributed by atoms with Gasteiger partial charge in [0.25, 0.3) is 0 Å². The molecule has 1 aromatic rings. The van der Waals surface area contributed by atoms with Crippen molar-refractivity contribution in [1.29, 1.82) is 0 Å². The topological polar surface area (TPSA) is 75.8 Å². The highest BCUT2D eigenvalue weighted by Gasteiger charge is 2.26. The fourth-order valence-corrected chi connectivity index (χ4v) is 3.07. The van der Waals surface area contributed by atoms with Crippen molar-refractivity contribution in [3.63, 3.8) is 0 Å². The van der Waals surface area contributed by atoms with Crippen LogP contribution in [0.3, 0.4) is 0 Å². The Balaban J connectivity index is 2.38. The number of hydrogen-bond acceptors (Lipinski definition) is 5. The lowest BCUT2D eigenvalue weighted by atomic mass is 9.97. The van der Waals surface area contributed by atoms with E-state index in [1.165, 1.54) is 0 Å². The molecule has 1 atom stereocenters. The molecule has 1 unspecified atom stereocenters. The highest BCUT2D eigenvalue weighted by atomic mass is 35.5. The summed E-state index contributed by atoms with van der Waals surface area (Å²) in [5.41, 5.74) is 7.27. The first-order valence-corrected chi connectivity index (χ1v) is 7.56. The second-order valence-electron chi connectivity index (χ2n) is 5.26. The van der Waals surface area contributed by atoms with Crippen molar-refractivity contribution in [1.82, 2.24) is 0 Å². The fourth-order valence-electron chi connectivity index (χ4n) is 2.72. The van der Waals surface area contributed by atoms with E-state index in [4.69, 9.17) is 22.1 Å². The Labute approximate surface area is 129 Å². The van der Waals surface area contributed by atoms with Crippen LogP contribution in [0.25, 0.3) is 0 Å². The average molecular weight is 313 g/mol. The van der Waals surface area contributed by atoms with Gasteiger partial charge in [0, 0.05) is 25.4 Å². The van der Waals surface area contributed by atoms with Gasteiger partial charge in [-0.2, -0.15) is 0 Å². The van der Waals surface area contributed by atoms with Gasteiger partial charge in [0.1, 0.15) is 0 Å². The summed E-state index contributed by atoms with van der Waals surface area (Å²) in [7, 11) is 0. The minimum absolute atomic E-state index is 0.137. The fraction of sp³-hybridized carbons (Fsp3) is 0.533. The number of carbonyl (C=O) groups excluding carboxylic acids is 1. The van der Waals surface area contributed by atoms with Crippen LogP contribution in [0.5, 0.6) is 0 Å². The summed E-state index contributed by atoms with van der Waals surface area (Å²) in [6.07, 6.45) is 1.93. The smallest absolute Gasteiger partial charge is 0.340 e. The van der Waals surface area contributed by atoms with E-state index in [9.17, 15) is 9.90 Å². The monoisotopic (exact) mass is 312 g/mol. The molecule has 0 amide bonds. The van der Waals surface area contributed by atoms with Crippen LogP contribution >= 0.6 is 11.6 Å². The molecule has 0 saturated carbocycles. The maximum Gasteiger partial charge on any atom is 0.340 e. The van der Waals surface area contributed by atoms with Crippen molar-refractivity contribution in [2.75, 3.05) is 36.9 Å². The number of aliphatic hydroxyl groups excluding tert-OH is 1. The lowest BCUT2D eigenvalue weighted by Gasteiger charge is -2.35. The molecule has 21 heavy (non-hydrogen) atoms. The molecule has 1 aromatic carbocycles. The zero-order valence-corrected chi connectivity index (χ0v) is 12.9.